The molecule has 1 aromatic carbocycles. The van der Waals surface area contributed by atoms with E-state index in [2.05, 4.69) is 36.3 Å². The predicted molar refractivity (Wildman–Crippen MR) is 83.4 cm³/mol. The van der Waals surface area contributed by atoms with Gasteiger partial charge >= 0.3 is 0 Å². The average molecular weight is 348 g/mol. The van der Waals surface area contributed by atoms with Crippen LogP contribution in [0.25, 0.3) is 10.9 Å². The van der Waals surface area contributed by atoms with Crippen LogP contribution in [0.2, 0.25) is 0 Å². The van der Waals surface area contributed by atoms with Crippen molar-refractivity contribution >= 4 is 44.5 Å². The number of benzene rings is 1. The highest BCUT2D eigenvalue weighted by molar-refractivity contribution is 9.10. The minimum Gasteiger partial charge on any atom is -0.292 e. The number of nitrogen functional groups attached to an aromatic ring is 1. The van der Waals surface area contributed by atoms with Gasteiger partial charge in [-0.1, -0.05) is 18.2 Å². The van der Waals surface area contributed by atoms with Crippen molar-refractivity contribution in [1.82, 2.24) is 15.0 Å². The van der Waals surface area contributed by atoms with E-state index in [0.717, 1.165) is 25.4 Å². The maximum atomic E-state index is 5.42. The van der Waals surface area contributed by atoms with E-state index >= 15 is 0 Å². The maximum Gasteiger partial charge on any atom is 0.238 e. The number of nitrogens with one attached hydrogen (secondary N) is 1. The lowest BCUT2D eigenvalue weighted by molar-refractivity contribution is 1.05. The van der Waals surface area contributed by atoms with Crippen molar-refractivity contribution in [2.75, 3.05) is 5.43 Å². The number of halogens is 1. The lowest BCUT2D eigenvalue weighted by Gasteiger charge is -2.08. The Morgan fingerprint density at radius 2 is 1.90 bits per heavy atom. The number of fused-ring (bicyclic) bond motifs is 1. The van der Waals surface area contributed by atoms with E-state index in [1.54, 1.807) is 6.20 Å². The van der Waals surface area contributed by atoms with Gasteiger partial charge in [0.2, 0.25) is 5.95 Å². The molecule has 0 aliphatic carbocycles. The Morgan fingerprint density at radius 3 is 2.70 bits per heavy atom. The van der Waals surface area contributed by atoms with Gasteiger partial charge in [0, 0.05) is 11.6 Å². The van der Waals surface area contributed by atoms with Crippen LogP contribution in [0, 0.1) is 0 Å². The third-order valence-corrected chi connectivity index (χ3v) is 4.54. The minimum absolute atomic E-state index is 0.387. The number of hydrogen-bond donors (Lipinski definition) is 2. The Balaban J connectivity index is 2.13. The van der Waals surface area contributed by atoms with E-state index in [1.807, 2.05) is 36.4 Å². The van der Waals surface area contributed by atoms with Crippen molar-refractivity contribution in [3.8, 4) is 0 Å². The normalized spacial score (nSPS) is 10.7. The lowest BCUT2D eigenvalue weighted by atomic mass is 10.2. The van der Waals surface area contributed by atoms with Crippen LogP contribution in [0.15, 0.2) is 57.1 Å². The second-order valence-corrected chi connectivity index (χ2v) is 5.74. The van der Waals surface area contributed by atoms with E-state index in [-0.39, 0.29) is 0 Å². The summed E-state index contributed by atoms with van der Waals surface area (Å²) in [6.45, 7) is 0. The van der Waals surface area contributed by atoms with Crippen molar-refractivity contribution in [2.45, 2.75) is 10.1 Å². The second kappa shape index (κ2) is 5.74. The van der Waals surface area contributed by atoms with Crippen molar-refractivity contribution in [3.05, 3.63) is 47.1 Å². The number of anilines is 1. The van der Waals surface area contributed by atoms with Crippen LogP contribution in [-0.4, -0.2) is 15.0 Å². The minimum atomic E-state index is 0.387. The summed E-state index contributed by atoms with van der Waals surface area (Å²) in [7, 11) is 0. The Hall–Kier alpha value is -1.70. The molecule has 0 aliphatic heterocycles. The number of rotatable bonds is 3. The van der Waals surface area contributed by atoms with Gasteiger partial charge in [0.15, 0.2) is 0 Å². The number of aromatic nitrogens is 3. The SMILES string of the molecule is NNc1nc(Sc2ncccc2Br)c2ccccc2n1. The first-order valence-corrected chi connectivity index (χ1v) is 7.40. The fourth-order valence-corrected chi connectivity index (χ4v) is 3.10. The zero-order valence-electron chi connectivity index (χ0n) is 10.2. The van der Waals surface area contributed by atoms with Crippen LogP contribution < -0.4 is 11.3 Å². The zero-order valence-corrected chi connectivity index (χ0v) is 12.6. The van der Waals surface area contributed by atoms with Gasteiger partial charge in [0.1, 0.15) is 10.1 Å². The Labute approximate surface area is 128 Å². The van der Waals surface area contributed by atoms with E-state index in [9.17, 15) is 0 Å². The average Bonchev–Trinajstić information content (AvgIpc) is 2.49. The third-order valence-electron chi connectivity index (χ3n) is 2.62. The number of nitrogens with zero attached hydrogens (tertiary/aromatic N) is 3. The van der Waals surface area contributed by atoms with Crippen LogP contribution in [0.3, 0.4) is 0 Å². The second-order valence-electron chi connectivity index (χ2n) is 3.91. The van der Waals surface area contributed by atoms with Gasteiger partial charge in [-0.15, -0.1) is 0 Å². The molecule has 0 spiro atoms. The van der Waals surface area contributed by atoms with Crippen molar-refractivity contribution in [2.24, 2.45) is 5.84 Å². The van der Waals surface area contributed by atoms with Crippen LogP contribution in [-0.2, 0) is 0 Å². The smallest absolute Gasteiger partial charge is 0.238 e. The molecule has 3 rings (SSSR count). The number of hydrazine groups is 1. The molecule has 100 valence electrons. The van der Waals surface area contributed by atoms with E-state index < -0.39 is 0 Å². The van der Waals surface area contributed by atoms with Crippen LogP contribution in [0.5, 0.6) is 0 Å². The summed E-state index contributed by atoms with van der Waals surface area (Å²) in [5.74, 6) is 5.81. The summed E-state index contributed by atoms with van der Waals surface area (Å²) < 4.78 is 0.926. The first-order chi connectivity index (χ1) is 9.78. The topological polar surface area (TPSA) is 76.7 Å². The summed E-state index contributed by atoms with van der Waals surface area (Å²) in [6, 6.07) is 11.6. The number of para-hydroxylation sites is 1. The molecule has 0 bridgehead atoms. The highest BCUT2D eigenvalue weighted by Crippen LogP contribution is 2.34. The number of nitrogens with two attached hydrogens (primary N) is 1. The first-order valence-electron chi connectivity index (χ1n) is 5.79. The van der Waals surface area contributed by atoms with Crippen LogP contribution in [0.1, 0.15) is 0 Å². The molecule has 3 N–H and O–H groups in total. The molecule has 0 unspecified atom stereocenters. The molecule has 5 nitrogen and oxygen atoms in total. The highest BCUT2D eigenvalue weighted by atomic mass is 79.9. The fourth-order valence-electron chi connectivity index (χ4n) is 1.73. The molecule has 0 amide bonds. The highest BCUT2D eigenvalue weighted by Gasteiger charge is 2.11. The molecule has 0 atom stereocenters. The van der Waals surface area contributed by atoms with Crippen LogP contribution >= 0.6 is 27.7 Å². The summed E-state index contributed by atoms with van der Waals surface area (Å²) in [4.78, 5) is 13.1. The molecule has 0 fully saturated rings. The molecular weight excluding hydrogens is 338 g/mol. The molecule has 0 aliphatic rings. The fraction of sp³-hybridized carbons (Fsp3) is 0. The largest absolute Gasteiger partial charge is 0.292 e. The third kappa shape index (κ3) is 2.60. The summed E-state index contributed by atoms with van der Waals surface area (Å²) in [5.41, 5.74) is 3.33. The van der Waals surface area contributed by atoms with Gasteiger partial charge in [-0.25, -0.2) is 20.8 Å². The number of hydrogen-bond acceptors (Lipinski definition) is 6. The van der Waals surface area contributed by atoms with Crippen molar-refractivity contribution in [3.63, 3.8) is 0 Å². The van der Waals surface area contributed by atoms with Crippen molar-refractivity contribution in [1.29, 1.82) is 0 Å². The first kappa shape index (κ1) is 13.3. The van der Waals surface area contributed by atoms with Gasteiger partial charge in [0.05, 0.1) is 9.99 Å². The van der Waals surface area contributed by atoms with E-state index in [1.165, 1.54) is 11.8 Å². The van der Waals surface area contributed by atoms with Gasteiger partial charge < -0.3 is 0 Å². The van der Waals surface area contributed by atoms with E-state index in [4.69, 9.17) is 5.84 Å². The predicted octanol–water partition coefficient (Wildman–Crippen LogP) is 3.22. The zero-order chi connectivity index (χ0) is 13.9. The maximum absolute atomic E-state index is 5.42. The van der Waals surface area contributed by atoms with Gasteiger partial charge in [-0.3, -0.25) is 5.43 Å². The van der Waals surface area contributed by atoms with Crippen LogP contribution in [0.4, 0.5) is 5.95 Å². The Bertz CT molecular complexity index is 765. The molecule has 0 saturated heterocycles. The van der Waals surface area contributed by atoms with Gasteiger partial charge in [-0.05, 0) is 45.9 Å². The molecule has 7 heteroatoms. The molecule has 20 heavy (non-hydrogen) atoms. The molecule has 0 saturated carbocycles. The quantitative estimate of drug-likeness (QED) is 0.430. The van der Waals surface area contributed by atoms with E-state index in [0.29, 0.717) is 5.95 Å². The molecular formula is C13H10BrN5S. The Kier molecular flexibility index (Phi) is 3.81. The summed E-state index contributed by atoms with van der Waals surface area (Å²) in [5, 5.41) is 2.62. The molecule has 2 heterocycles. The number of pyridine rings is 1. The lowest BCUT2D eigenvalue weighted by Crippen LogP contribution is -2.10. The Morgan fingerprint density at radius 1 is 1.05 bits per heavy atom. The molecule has 3 aromatic rings. The van der Waals surface area contributed by atoms with Gasteiger partial charge in [0.25, 0.3) is 0 Å². The summed E-state index contributed by atoms with van der Waals surface area (Å²) in [6.07, 6.45) is 1.75. The standard InChI is InChI=1S/C13H10BrN5S/c14-9-5-3-7-16-12(9)20-11-8-4-1-2-6-10(8)17-13(18-11)19-15/h1-7H,15H2,(H,17,18,19). The molecule has 2 aromatic heterocycles. The van der Waals surface area contributed by atoms with Gasteiger partial charge in [-0.2, -0.15) is 0 Å². The molecule has 0 radical (unpaired) electrons. The van der Waals surface area contributed by atoms with Crippen molar-refractivity contribution < 1.29 is 0 Å². The summed E-state index contributed by atoms with van der Waals surface area (Å²) >= 11 is 4.95. The monoisotopic (exact) mass is 347 g/mol.